The molecule has 1 aromatic carbocycles. The summed E-state index contributed by atoms with van der Waals surface area (Å²) in [6.45, 7) is 0. The Balaban J connectivity index is 2.49. The summed E-state index contributed by atoms with van der Waals surface area (Å²) < 4.78 is 0. The van der Waals surface area contributed by atoms with Gasteiger partial charge in [0.05, 0.1) is 10.6 Å². The van der Waals surface area contributed by atoms with Crippen molar-refractivity contribution in [2.45, 2.75) is 10.4 Å². The molecule has 0 radical (unpaired) electrons. The van der Waals surface area contributed by atoms with Crippen molar-refractivity contribution < 1.29 is 0 Å². The summed E-state index contributed by atoms with van der Waals surface area (Å²) in [4.78, 5) is 1.07. The van der Waals surface area contributed by atoms with E-state index >= 15 is 0 Å². The molecule has 1 aromatic rings. The van der Waals surface area contributed by atoms with Crippen LogP contribution in [-0.4, -0.2) is 5.50 Å². The standard InChI is InChI=1S/C7H9N3S/c8-4-2-1-3-5-6(4)11-7(9)10-5/h1-3,7,10H,8-9H2. The molecule has 1 aliphatic heterocycles. The van der Waals surface area contributed by atoms with Gasteiger partial charge in [-0.25, -0.2) is 0 Å². The highest BCUT2D eigenvalue weighted by Gasteiger charge is 2.18. The van der Waals surface area contributed by atoms with Gasteiger partial charge in [0.2, 0.25) is 0 Å². The van der Waals surface area contributed by atoms with Crippen molar-refractivity contribution >= 4 is 23.1 Å². The van der Waals surface area contributed by atoms with E-state index in [1.807, 2.05) is 18.2 Å². The third-order valence-corrected chi connectivity index (χ3v) is 2.65. The maximum Gasteiger partial charge on any atom is 0.127 e. The van der Waals surface area contributed by atoms with Gasteiger partial charge in [0.25, 0.3) is 0 Å². The fourth-order valence-electron chi connectivity index (χ4n) is 1.11. The van der Waals surface area contributed by atoms with Crippen LogP contribution >= 0.6 is 11.8 Å². The van der Waals surface area contributed by atoms with Gasteiger partial charge in [-0.15, -0.1) is 0 Å². The maximum absolute atomic E-state index is 5.72. The molecule has 1 atom stereocenters. The van der Waals surface area contributed by atoms with Gasteiger partial charge in [-0.05, 0) is 12.1 Å². The highest BCUT2D eigenvalue weighted by Crippen LogP contribution is 2.39. The summed E-state index contributed by atoms with van der Waals surface area (Å²) in [5.74, 6) is 0. The van der Waals surface area contributed by atoms with Crippen molar-refractivity contribution in [1.29, 1.82) is 0 Å². The van der Waals surface area contributed by atoms with E-state index in [1.165, 1.54) is 0 Å². The highest BCUT2D eigenvalue weighted by atomic mass is 32.2. The van der Waals surface area contributed by atoms with Crippen molar-refractivity contribution in [2.75, 3.05) is 11.1 Å². The molecule has 0 saturated carbocycles. The number of hydrogen-bond acceptors (Lipinski definition) is 4. The summed E-state index contributed by atoms with van der Waals surface area (Å²) in [5, 5.41) is 3.10. The normalized spacial score (nSPS) is 21.0. The lowest BCUT2D eigenvalue weighted by atomic mass is 10.3. The fraction of sp³-hybridized carbons (Fsp3) is 0.143. The molecular weight excluding hydrogens is 158 g/mol. The second-order valence-corrected chi connectivity index (χ2v) is 3.56. The minimum absolute atomic E-state index is 0.0466. The van der Waals surface area contributed by atoms with Gasteiger partial charge in [0.15, 0.2) is 0 Å². The summed E-state index contributed by atoms with van der Waals surface area (Å²) in [6.07, 6.45) is 0. The van der Waals surface area contributed by atoms with Crippen molar-refractivity contribution in [2.24, 2.45) is 5.73 Å². The van der Waals surface area contributed by atoms with E-state index in [0.29, 0.717) is 0 Å². The Kier molecular flexibility index (Phi) is 1.44. The van der Waals surface area contributed by atoms with Crippen LogP contribution in [0.5, 0.6) is 0 Å². The number of nitrogens with one attached hydrogen (secondary N) is 1. The molecule has 0 bridgehead atoms. The minimum atomic E-state index is -0.0466. The number of fused-ring (bicyclic) bond motifs is 1. The SMILES string of the molecule is Nc1cccc2c1SC(N)N2. The molecule has 0 fully saturated rings. The molecule has 3 nitrogen and oxygen atoms in total. The molecule has 0 aromatic heterocycles. The maximum atomic E-state index is 5.72. The van der Waals surface area contributed by atoms with E-state index in [2.05, 4.69) is 5.32 Å². The number of rotatable bonds is 0. The summed E-state index contributed by atoms with van der Waals surface area (Å²) in [6, 6.07) is 5.77. The Bertz CT molecular complexity index is 287. The number of anilines is 2. The molecule has 5 N–H and O–H groups in total. The predicted octanol–water partition coefficient (Wildman–Crippen LogP) is 1.03. The zero-order chi connectivity index (χ0) is 7.84. The Labute approximate surface area is 69.1 Å². The predicted molar refractivity (Wildman–Crippen MR) is 48.3 cm³/mol. The zero-order valence-electron chi connectivity index (χ0n) is 5.87. The average Bonchev–Trinajstić information content (AvgIpc) is 2.31. The van der Waals surface area contributed by atoms with Crippen LogP contribution in [0.15, 0.2) is 23.1 Å². The Morgan fingerprint density at radius 3 is 3.00 bits per heavy atom. The van der Waals surface area contributed by atoms with Crippen LogP contribution in [0.4, 0.5) is 11.4 Å². The quantitative estimate of drug-likeness (QED) is 0.505. The van der Waals surface area contributed by atoms with Crippen LogP contribution in [0.1, 0.15) is 0 Å². The molecule has 11 heavy (non-hydrogen) atoms. The molecule has 1 heterocycles. The van der Waals surface area contributed by atoms with Crippen molar-refractivity contribution in [3.8, 4) is 0 Å². The van der Waals surface area contributed by atoms with Crippen LogP contribution in [-0.2, 0) is 0 Å². The van der Waals surface area contributed by atoms with Gasteiger partial charge in [-0.1, -0.05) is 17.8 Å². The molecule has 0 spiro atoms. The first-order valence-corrected chi connectivity index (χ1v) is 4.22. The topological polar surface area (TPSA) is 64.1 Å². The first-order valence-electron chi connectivity index (χ1n) is 3.34. The van der Waals surface area contributed by atoms with Gasteiger partial charge in [0.1, 0.15) is 5.50 Å². The number of nitrogen functional groups attached to an aromatic ring is 1. The third-order valence-electron chi connectivity index (χ3n) is 1.59. The molecule has 0 amide bonds. The zero-order valence-corrected chi connectivity index (χ0v) is 6.69. The molecule has 1 unspecified atom stereocenters. The molecule has 0 saturated heterocycles. The summed E-state index contributed by atoms with van der Waals surface area (Å²) in [7, 11) is 0. The van der Waals surface area contributed by atoms with Crippen molar-refractivity contribution in [3.63, 3.8) is 0 Å². The van der Waals surface area contributed by atoms with E-state index in [4.69, 9.17) is 11.5 Å². The molecule has 2 rings (SSSR count). The lowest BCUT2D eigenvalue weighted by molar-refractivity contribution is 1.08. The van der Waals surface area contributed by atoms with Gasteiger partial charge in [0, 0.05) is 5.69 Å². The van der Waals surface area contributed by atoms with Crippen molar-refractivity contribution in [1.82, 2.24) is 0 Å². The largest absolute Gasteiger partial charge is 0.398 e. The molecule has 1 aliphatic rings. The summed E-state index contributed by atoms with van der Waals surface area (Å²) in [5.41, 5.74) is 13.2. The Morgan fingerprint density at radius 1 is 1.45 bits per heavy atom. The lowest BCUT2D eigenvalue weighted by Gasteiger charge is -1.99. The van der Waals surface area contributed by atoms with Crippen LogP contribution in [0, 0.1) is 0 Å². The van der Waals surface area contributed by atoms with E-state index in [9.17, 15) is 0 Å². The second-order valence-electron chi connectivity index (χ2n) is 2.41. The van der Waals surface area contributed by atoms with Gasteiger partial charge in [-0.2, -0.15) is 0 Å². The first-order chi connectivity index (χ1) is 5.27. The smallest absolute Gasteiger partial charge is 0.127 e. The highest BCUT2D eigenvalue weighted by molar-refractivity contribution is 8.00. The second kappa shape index (κ2) is 2.32. The van der Waals surface area contributed by atoms with Crippen molar-refractivity contribution in [3.05, 3.63) is 18.2 Å². The number of hydrogen-bond donors (Lipinski definition) is 3. The van der Waals surface area contributed by atoms with Crippen LogP contribution in [0.3, 0.4) is 0 Å². The van der Waals surface area contributed by atoms with Crippen LogP contribution in [0.2, 0.25) is 0 Å². The monoisotopic (exact) mass is 167 g/mol. The lowest BCUT2D eigenvalue weighted by Crippen LogP contribution is -2.20. The minimum Gasteiger partial charge on any atom is -0.398 e. The van der Waals surface area contributed by atoms with Gasteiger partial charge < -0.3 is 16.8 Å². The van der Waals surface area contributed by atoms with Crippen LogP contribution < -0.4 is 16.8 Å². The molecule has 0 aliphatic carbocycles. The van der Waals surface area contributed by atoms with Gasteiger partial charge in [-0.3, -0.25) is 0 Å². The molecule has 58 valence electrons. The van der Waals surface area contributed by atoms with Crippen LogP contribution in [0.25, 0.3) is 0 Å². The molecular formula is C7H9N3S. The van der Waals surface area contributed by atoms with E-state index in [1.54, 1.807) is 11.8 Å². The number of benzene rings is 1. The Morgan fingerprint density at radius 2 is 2.27 bits per heavy atom. The fourth-order valence-corrected chi connectivity index (χ4v) is 2.01. The Hall–Kier alpha value is -0.870. The van der Waals surface area contributed by atoms with E-state index in [-0.39, 0.29) is 5.50 Å². The number of nitrogens with two attached hydrogens (primary N) is 2. The third kappa shape index (κ3) is 1.04. The van der Waals surface area contributed by atoms with E-state index in [0.717, 1.165) is 16.3 Å². The number of thioether (sulfide) groups is 1. The summed E-state index contributed by atoms with van der Waals surface area (Å²) >= 11 is 1.56. The van der Waals surface area contributed by atoms with Gasteiger partial charge >= 0.3 is 0 Å². The average molecular weight is 167 g/mol. The van der Waals surface area contributed by atoms with E-state index < -0.39 is 0 Å². The molecule has 4 heteroatoms. The first kappa shape index (κ1) is 6.82.